The van der Waals surface area contributed by atoms with E-state index in [-0.39, 0.29) is 24.0 Å². The maximum absolute atomic E-state index is 12.4. The third kappa shape index (κ3) is 5.66. The highest BCUT2D eigenvalue weighted by molar-refractivity contribution is 8.01. The van der Waals surface area contributed by atoms with Crippen molar-refractivity contribution in [3.8, 4) is 5.75 Å². The Balaban J connectivity index is 1.28. The van der Waals surface area contributed by atoms with Gasteiger partial charge < -0.3 is 15.4 Å². The number of ether oxygens (including phenoxy) is 1. The first kappa shape index (κ1) is 21.9. The minimum atomic E-state index is -0.147. The van der Waals surface area contributed by atoms with Crippen molar-refractivity contribution >= 4 is 57.1 Å². The fourth-order valence-electron chi connectivity index (χ4n) is 3.13. The zero-order valence-corrected chi connectivity index (χ0v) is 19.0. The van der Waals surface area contributed by atoms with Crippen molar-refractivity contribution in [2.45, 2.75) is 10.8 Å². The summed E-state index contributed by atoms with van der Waals surface area (Å²) in [5, 5.41) is 9.75. The van der Waals surface area contributed by atoms with Crippen LogP contribution in [0.2, 0.25) is 0 Å². The number of methoxy groups -OCH3 is 1. The first-order valence-electron chi connectivity index (χ1n) is 9.89. The fraction of sp³-hybridized carbons (Fsp3) is 0.125. The lowest BCUT2D eigenvalue weighted by Crippen LogP contribution is -2.15. The van der Waals surface area contributed by atoms with Crippen molar-refractivity contribution in [1.29, 1.82) is 0 Å². The number of fused-ring (bicyclic) bond motifs is 1. The molecule has 0 atom stereocenters. The van der Waals surface area contributed by atoms with Gasteiger partial charge in [0.25, 0.3) is 0 Å². The highest BCUT2D eigenvalue weighted by Gasteiger charge is 2.11. The molecule has 2 amide bonds. The van der Waals surface area contributed by atoms with Gasteiger partial charge in [-0.2, -0.15) is 0 Å². The van der Waals surface area contributed by atoms with E-state index in [0.717, 1.165) is 26.5 Å². The van der Waals surface area contributed by atoms with Crippen LogP contribution in [0.1, 0.15) is 5.69 Å². The maximum Gasteiger partial charge on any atom is 0.234 e. The second-order valence-electron chi connectivity index (χ2n) is 6.92. The quantitative estimate of drug-likeness (QED) is 0.350. The first-order valence-corrected chi connectivity index (χ1v) is 11.8. The lowest BCUT2D eigenvalue weighted by atomic mass is 10.1. The highest BCUT2D eigenvalue weighted by atomic mass is 32.2. The van der Waals surface area contributed by atoms with Crippen LogP contribution in [-0.4, -0.2) is 29.7 Å². The van der Waals surface area contributed by atoms with Crippen LogP contribution in [-0.2, 0) is 16.0 Å². The lowest BCUT2D eigenvalue weighted by molar-refractivity contribution is -0.116. The molecule has 0 aliphatic rings. The van der Waals surface area contributed by atoms with Crippen molar-refractivity contribution in [3.63, 3.8) is 0 Å². The molecule has 8 heteroatoms. The molecule has 6 nitrogen and oxygen atoms in total. The van der Waals surface area contributed by atoms with E-state index in [4.69, 9.17) is 4.74 Å². The van der Waals surface area contributed by atoms with Crippen molar-refractivity contribution in [2.24, 2.45) is 0 Å². The molecular formula is C24H21N3O3S2. The van der Waals surface area contributed by atoms with Gasteiger partial charge in [-0.25, -0.2) is 4.98 Å². The summed E-state index contributed by atoms with van der Waals surface area (Å²) in [7, 11) is 1.60. The van der Waals surface area contributed by atoms with Crippen molar-refractivity contribution < 1.29 is 14.3 Å². The van der Waals surface area contributed by atoms with Gasteiger partial charge in [-0.3, -0.25) is 9.59 Å². The van der Waals surface area contributed by atoms with Crippen molar-refractivity contribution in [1.82, 2.24) is 4.98 Å². The molecule has 0 saturated carbocycles. The van der Waals surface area contributed by atoms with Crippen molar-refractivity contribution in [2.75, 3.05) is 23.5 Å². The molecule has 0 aliphatic heterocycles. The van der Waals surface area contributed by atoms with Crippen LogP contribution < -0.4 is 15.4 Å². The van der Waals surface area contributed by atoms with E-state index in [1.54, 1.807) is 31.4 Å². The number of nitrogens with zero attached hydrogens (tertiary/aromatic N) is 1. The number of carbonyl (C=O) groups excluding carboxylic acids is 2. The molecule has 0 unspecified atom stereocenters. The molecule has 1 aromatic heterocycles. The molecule has 0 radical (unpaired) electrons. The number of hydrogen-bond acceptors (Lipinski definition) is 6. The molecule has 4 rings (SSSR count). The summed E-state index contributed by atoms with van der Waals surface area (Å²) < 4.78 is 5.87. The van der Waals surface area contributed by atoms with Gasteiger partial charge in [-0.15, -0.1) is 11.3 Å². The Morgan fingerprint density at radius 1 is 0.969 bits per heavy atom. The summed E-state index contributed by atoms with van der Waals surface area (Å²) in [4.78, 5) is 29.2. The van der Waals surface area contributed by atoms with E-state index in [2.05, 4.69) is 15.6 Å². The SMILES string of the molecule is COc1ccc(NC(=O)Cc2csc(SCC(=O)Nc3cccc4ccccc34)n2)cc1. The zero-order chi connectivity index (χ0) is 22.3. The topological polar surface area (TPSA) is 80.3 Å². The Morgan fingerprint density at radius 3 is 2.56 bits per heavy atom. The number of aromatic nitrogens is 1. The predicted molar refractivity (Wildman–Crippen MR) is 131 cm³/mol. The number of amides is 2. The highest BCUT2D eigenvalue weighted by Crippen LogP contribution is 2.26. The number of benzene rings is 3. The van der Waals surface area contributed by atoms with Crippen LogP contribution in [0, 0.1) is 0 Å². The van der Waals surface area contributed by atoms with E-state index in [0.29, 0.717) is 11.4 Å². The minimum Gasteiger partial charge on any atom is -0.497 e. The maximum atomic E-state index is 12.4. The third-order valence-electron chi connectivity index (χ3n) is 4.64. The molecule has 162 valence electrons. The summed E-state index contributed by atoms with van der Waals surface area (Å²) in [5.74, 6) is 0.730. The van der Waals surface area contributed by atoms with Gasteiger partial charge in [-0.05, 0) is 35.7 Å². The number of thiazole rings is 1. The standard InChI is InChI=1S/C24H21N3O3S2/c1-30-19-11-9-17(10-12-19)25-22(28)13-18-14-31-24(26-18)32-15-23(29)27-21-8-4-6-16-5-2-3-7-20(16)21/h2-12,14H,13,15H2,1H3,(H,25,28)(H,27,29). The van der Waals surface area contributed by atoms with Crippen LogP contribution in [0.3, 0.4) is 0 Å². The molecule has 3 aromatic carbocycles. The molecule has 0 bridgehead atoms. The van der Waals surface area contributed by atoms with Gasteiger partial charge in [0.05, 0.1) is 25.0 Å². The summed E-state index contributed by atoms with van der Waals surface area (Å²) in [5.41, 5.74) is 2.17. The summed E-state index contributed by atoms with van der Waals surface area (Å²) in [6.45, 7) is 0. The normalized spacial score (nSPS) is 10.7. The van der Waals surface area contributed by atoms with E-state index in [1.807, 2.05) is 47.8 Å². The Morgan fingerprint density at radius 2 is 1.75 bits per heavy atom. The summed E-state index contributed by atoms with van der Waals surface area (Å²) >= 11 is 2.79. The van der Waals surface area contributed by atoms with Gasteiger partial charge in [0.15, 0.2) is 4.34 Å². The van der Waals surface area contributed by atoms with E-state index in [9.17, 15) is 9.59 Å². The average Bonchev–Trinajstić information content (AvgIpc) is 3.25. The second kappa shape index (κ2) is 10.3. The van der Waals surface area contributed by atoms with Gasteiger partial charge in [0.2, 0.25) is 11.8 Å². The van der Waals surface area contributed by atoms with E-state index >= 15 is 0 Å². The number of carbonyl (C=O) groups is 2. The van der Waals surface area contributed by atoms with Crippen LogP contribution in [0.25, 0.3) is 10.8 Å². The molecule has 32 heavy (non-hydrogen) atoms. The Hall–Kier alpha value is -3.36. The summed E-state index contributed by atoms with van der Waals surface area (Å²) in [6, 6.07) is 20.9. The molecular weight excluding hydrogens is 442 g/mol. The Kier molecular flexibility index (Phi) is 7.03. The molecule has 2 N–H and O–H groups in total. The molecule has 1 heterocycles. The number of anilines is 2. The lowest BCUT2D eigenvalue weighted by Gasteiger charge is -2.08. The van der Waals surface area contributed by atoms with E-state index in [1.165, 1.54) is 23.1 Å². The summed E-state index contributed by atoms with van der Waals surface area (Å²) in [6.07, 6.45) is 0.172. The number of hydrogen-bond donors (Lipinski definition) is 2. The van der Waals surface area contributed by atoms with Crippen LogP contribution in [0.15, 0.2) is 76.4 Å². The molecule has 0 fully saturated rings. The zero-order valence-electron chi connectivity index (χ0n) is 17.3. The largest absolute Gasteiger partial charge is 0.497 e. The van der Waals surface area contributed by atoms with Gasteiger partial charge in [0, 0.05) is 22.1 Å². The molecule has 4 aromatic rings. The van der Waals surface area contributed by atoms with Gasteiger partial charge in [0.1, 0.15) is 5.75 Å². The molecule has 0 aliphatic carbocycles. The second-order valence-corrected chi connectivity index (χ2v) is 9.00. The van der Waals surface area contributed by atoms with Crippen LogP contribution in [0.5, 0.6) is 5.75 Å². The Bertz CT molecular complexity index is 1230. The first-order chi connectivity index (χ1) is 15.6. The van der Waals surface area contributed by atoms with Crippen LogP contribution >= 0.6 is 23.1 Å². The van der Waals surface area contributed by atoms with Crippen LogP contribution in [0.4, 0.5) is 11.4 Å². The monoisotopic (exact) mass is 463 g/mol. The number of rotatable bonds is 8. The van der Waals surface area contributed by atoms with E-state index < -0.39 is 0 Å². The fourth-order valence-corrected chi connectivity index (χ4v) is 4.77. The predicted octanol–water partition coefficient (Wildman–Crippen LogP) is 5.22. The minimum absolute atomic E-state index is 0.0969. The average molecular weight is 464 g/mol. The smallest absolute Gasteiger partial charge is 0.234 e. The Labute approximate surface area is 194 Å². The number of nitrogens with one attached hydrogen (secondary N) is 2. The van der Waals surface area contributed by atoms with Gasteiger partial charge in [-0.1, -0.05) is 48.2 Å². The van der Waals surface area contributed by atoms with Gasteiger partial charge >= 0.3 is 0 Å². The molecule has 0 saturated heterocycles. The number of thioether (sulfide) groups is 1. The molecule has 0 spiro atoms. The third-order valence-corrected chi connectivity index (χ3v) is 6.71. The van der Waals surface area contributed by atoms with Crippen molar-refractivity contribution in [3.05, 3.63) is 77.8 Å².